The topological polar surface area (TPSA) is 52.6 Å². The maximum absolute atomic E-state index is 11.1. The van der Waals surface area contributed by atoms with Crippen LogP contribution in [0.25, 0.3) is 0 Å². The molecule has 1 atom stereocenters. The molecule has 0 bridgehead atoms. The Balaban J connectivity index is 2.67. The van der Waals surface area contributed by atoms with Gasteiger partial charge in [-0.2, -0.15) is 0 Å². The summed E-state index contributed by atoms with van der Waals surface area (Å²) in [5, 5.41) is 0. The third-order valence-corrected chi connectivity index (χ3v) is 2.28. The first-order valence-electron chi connectivity index (χ1n) is 5.67. The lowest BCUT2D eigenvalue weighted by atomic mass is 10.1. The molecule has 0 N–H and O–H groups in total. The van der Waals surface area contributed by atoms with Crippen LogP contribution in [-0.4, -0.2) is 18.0 Å². The lowest BCUT2D eigenvalue weighted by Crippen LogP contribution is -2.22. The van der Waals surface area contributed by atoms with Crippen molar-refractivity contribution in [3.8, 4) is 5.75 Å². The first-order chi connectivity index (χ1) is 8.56. The Hall–Kier alpha value is -2.10. The highest BCUT2D eigenvalue weighted by molar-refractivity contribution is 5.94. The van der Waals surface area contributed by atoms with E-state index >= 15 is 0 Å². The minimum Gasteiger partial charge on any atom is -0.455 e. The molecule has 0 aromatic heterocycles. The van der Waals surface area contributed by atoms with Gasteiger partial charge in [-0.15, -0.1) is 0 Å². The van der Waals surface area contributed by atoms with Gasteiger partial charge < -0.3 is 9.47 Å². The normalized spacial score (nSPS) is 11.4. The molecule has 0 saturated heterocycles. The van der Waals surface area contributed by atoms with Gasteiger partial charge in [-0.05, 0) is 31.2 Å². The summed E-state index contributed by atoms with van der Waals surface area (Å²) in [5.41, 5.74) is 0.610. The number of esters is 1. The summed E-state index contributed by atoms with van der Waals surface area (Å²) < 4.78 is 10.5. The average Bonchev–Trinajstić information content (AvgIpc) is 2.38. The van der Waals surface area contributed by atoms with Crippen LogP contribution in [0.15, 0.2) is 36.9 Å². The van der Waals surface area contributed by atoms with Crippen molar-refractivity contribution in [1.82, 2.24) is 0 Å². The second-order valence-electron chi connectivity index (χ2n) is 3.68. The summed E-state index contributed by atoms with van der Waals surface area (Å²) in [6, 6.07) is 6.67. The van der Waals surface area contributed by atoms with Crippen LogP contribution in [0.3, 0.4) is 0 Å². The van der Waals surface area contributed by atoms with E-state index in [0.717, 1.165) is 6.08 Å². The van der Waals surface area contributed by atoms with Crippen LogP contribution in [-0.2, 0) is 9.53 Å². The van der Waals surface area contributed by atoms with Crippen LogP contribution in [0.4, 0.5) is 0 Å². The Labute approximate surface area is 106 Å². The van der Waals surface area contributed by atoms with E-state index in [-0.39, 0.29) is 5.78 Å². The standard InChI is InChI=1S/C14H16O4/c1-4-13(16)18-14(5-2)17-12-8-6-11(7-9-12)10(3)15/h4,6-9,14H,1,5H2,2-3H3. The van der Waals surface area contributed by atoms with Crippen LogP contribution in [0.1, 0.15) is 30.6 Å². The van der Waals surface area contributed by atoms with Crippen molar-refractivity contribution in [3.63, 3.8) is 0 Å². The molecule has 0 radical (unpaired) electrons. The van der Waals surface area contributed by atoms with E-state index in [2.05, 4.69) is 6.58 Å². The second-order valence-corrected chi connectivity index (χ2v) is 3.68. The number of rotatable bonds is 6. The average molecular weight is 248 g/mol. The third-order valence-electron chi connectivity index (χ3n) is 2.28. The smallest absolute Gasteiger partial charge is 0.333 e. The zero-order valence-electron chi connectivity index (χ0n) is 10.5. The molecule has 0 fully saturated rings. The number of carbonyl (C=O) groups is 2. The quantitative estimate of drug-likeness (QED) is 0.336. The molecule has 0 spiro atoms. The molecule has 0 heterocycles. The number of hydrogen-bond acceptors (Lipinski definition) is 4. The van der Waals surface area contributed by atoms with Crippen LogP contribution in [0.2, 0.25) is 0 Å². The molecule has 4 heteroatoms. The number of ether oxygens (including phenoxy) is 2. The molecule has 18 heavy (non-hydrogen) atoms. The summed E-state index contributed by atoms with van der Waals surface area (Å²) in [5.74, 6) is 0.0117. The number of Topliss-reactive ketones (excluding diaryl/α,β-unsaturated/α-hetero) is 1. The zero-order chi connectivity index (χ0) is 13.5. The molecule has 1 rings (SSSR count). The maximum atomic E-state index is 11.1. The lowest BCUT2D eigenvalue weighted by molar-refractivity contribution is -0.157. The molecule has 0 saturated carbocycles. The summed E-state index contributed by atoms with van der Waals surface area (Å²) in [4.78, 5) is 22.1. The minimum absolute atomic E-state index is 0.00771. The van der Waals surface area contributed by atoms with Crippen molar-refractivity contribution in [3.05, 3.63) is 42.5 Å². The van der Waals surface area contributed by atoms with Gasteiger partial charge in [-0.1, -0.05) is 13.5 Å². The third kappa shape index (κ3) is 4.05. The molecular weight excluding hydrogens is 232 g/mol. The van der Waals surface area contributed by atoms with Gasteiger partial charge >= 0.3 is 5.97 Å². The molecule has 0 aliphatic rings. The van der Waals surface area contributed by atoms with E-state index in [1.54, 1.807) is 24.3 Å². The van der Waals surface area contributed by atoms with Gasteiger partial charge in [-0.3, -0.25) is 4.79 Å². The number of benzene rings is 1. The molecule has 96 valence electrons. The van der Waals surface area contributed by atoms with Gasteiger partial charge in [-0.25, -0.2) is 4.79 Å². The van der Waals surface area contributed by atoms with Crippen LogP contribution in [0, 0.1) is 0 Å². The number of carbonyl (C=O) groups excluding carboxylic acids is 2. The Kier molecular flexibility index (Phi) is 5.11. The molecule has 0 aliphatic heterocycles. The van der Waals surface area contributed by atoms with Crippen molar-refractivity contribution in [2.75, 3.05) is 0 Å². The fourth-order valence-corrected chi connectivity index (χ4v) is 1.29. The fourth-order valence-electron chi connectivity index (χ4n) is 1.29. The number of ketones is 1. The SMILES string of the molecule is C=CC(=O)OC(CC)Oc1ccc(C(C)=O)cc1. The molecule has 1 unspecified atom stereocenters. The summed E-state index contributed by atoms with van der Waals surface area (Å²) in [6.45, 7) is 6.65. The van der Waals surface area contributed by atoms with E-state index in [1.165, 1.54) is 6.92 Å². The summed E-state index contributed by atoms with van der Waals surface area (Å²) >= 11 is 0. The molecule has 1 aromatic rings. The number of hydrogen-bond donors (Lipinski definition) is 0. The molecule has 1 aromatic carbocycles. The van der Waals surface area contributed by atoms with Gasteiger partial charge in [0.15, 0.2) is 5.78 Å². The van der Waals surface area contributed by atoms with Crippen molar-refractivity contribution in [2.45, 2.75) is 26.6 Å². The van der Waals surface area contributed by atoms with E-state index in [4.69, 9.17) is 9.47 Å². The van der Waals surface area contributed by atoms with E-state index in [0.29, 0.717) is 17.7 Å². The van der Waals surface area contributed by atoms with Gasteiger partial charge in [0.1, 0.15) is 5.75 Å². The van der Waals surface area contributed by atoms with Crippen molar-refractivity contribution >= 4 is 11.8 Å². The molecular formula is C14H16O4. The van der Waals surface area contributed by atoms with E-state index in [9.17, 15) is 9.59 Å². The fraction of sp³-hybridized carbons (Fsp3) is 0.286. The Morgan fingerprint density at radius 3 is 2.39 bits per heavy atom. The molecule has 4 nitrogen and oxygen atoms in total. The Bertz CT molecular complexity index is 434. The van der Waals surface area contributed by atoms with Gasteiger partial charge in [0.2, 0.25) is 6.29 Å². The lowest BCUT2D eigenvalue weighted by Gasteiger charge is -2.17. The van der Waals surface area contributed by atoms with Crippen molar-refractivity contribution in [1.29, 1.82) is 0 Å². The second kappa shape index (κ2) is 6.59. The minimum atomic E-state index is -0.654. The highest BCUT2D eigenvalue weighted by Gasteiger charge is 2.12. The highest BCUT2D eigenvalue weighted by atomic mass is 16.7. The van der Waals surface area contributed by atoms with Crippen LogP contribution < -0.4 is 4.74 Å². The predicted molar refractivity (Wildman–Crippen MR) is 67.4 cm³/mol. The molecule has 0 amide bonds. The van der Waals surface area contributed by atoms with Gasteiger partial charge in [0.05, 0.1) is 0 Å². The maximum Gasteiger partial charge on any atom is 0.333 e. The highest BCUT2D eigenvalue weighted by Crippen LogP contribution is 2.16. The monoisotopic (exact) mass is 248 g/mol. The van der Waals surface area contributed by atoms with Crippen molar-refractivity contribution in [2.24, 2.45) is 0 Å². The Morgan fingerprint density at radius 2 is 1.94 bits per heavy atom. The summed E-state index contributed by atoms with van der Waals surface area (Å²) in [6.07, 6.45) is 0.956. The van der Waals surface area contributed by atoms with Crippen LogP contribution >= 0.6 is 0 Å². The van der Waals surface area contributed by atoms with E-state index < -0.39 is 12.3 Å². The Morgan fingerprint density at radius 1 is 1.33 bits per heavy atom. The van der Waals surface area contributed by atoms with Crippen LogP contribution in [0.5, 0.6) is 5.75 Å². The van der Waals surface area contributed by atoms with Gasteiger partial charge in [0.25, 0.3) is 0 Å². The van der Waals surface area contributed by atoms with E-state index in [1.807, 2.05) is 6.92 Å². The zero-order valence-corrected chi connectivity index (χ0v) is 10.5. The van der Waals surface area contributed by atoms with Gasteiger partial charge in [0, 0.05) is 18.1 Å². The largest absolute Gasteiger partial charge is 0.455 e. The first-order valence-corrected chi connectivity index (χ1v) is 5.67. The summed E-state index contributed by atoms with van der Waals surface area (Å²) in [7, 11) is 0. The first kappa shape index (κ1) is 14.0. The van der Waals surface area contributed by atoms with Crippen molar-refractivity contribution < 1.29 is 19.1 Å². The molecule has 0 aliphatic carbocycles. The predicted octanol–water partition coefficient (Wildman–Crippen LogP) is 2.73.